The molecule has 0 atom stereocenters. The van der Waals surface area contributed by atoms with Gasteiger partial charge in [0, 0.05) is 5.69 Å². The van der Waals surface area contributed by atoms with Crippen molar-refractivity contribution in [2.45, 2.75) is 6.92 Å². The van der Waals surface area contributed by atoms with Gasteiger partial charge in [-0.25, -0.2) is 4.99 Å². The van der Waals surface area contributed by atoms with Gasteiger partial charge in [0.25, 0.3) is 0 Å². The van der Waals surface area contributed by atoms with E-state index >= 15 is 0 Å². The lowest BCUT2D eigenvalue weighted by Gasteiger charge is -2.11. The minimum atomic E-state index is -0.0842. The number of carbonyl (C=O) groups is 1. The standard InChI is InChI=1S/C14H19N5OS/c1-10-5-6-11(17-13(20)8-19(2)3)7-12(10)18-14(21-4)16-9-15/h5-7H,8H2,1-4H3,(H,16,18)(H,17,20). The van der Waals surface area contributed by atoms with Crippen LogP contribution in [0, 0.1) is 18.4 Å². The number of aryl methyl sites for hydroxylation is 1. The van der Waals surface area contributed by atoms with E-state index in [1.165, 1.54) is 11.8 Å². The average molecular weight is 305 g/mol. The summed E-state index contributed by atoms with van der Waals surface area (Å²) in [6, 6.07) is 5.50. The Balaban J connectivity index is 2.95. The van der Waals surface area contributed by atoms with E-state index in [4.69, 9.17) is 5.26 Å². The molecule has 0 radical (unpaired) electrons. The van der Waals surface area contributed by atoms with Crippen LogP contribution in [0.15, 0.2) is 23.2 Å². The molecule has 21 heavy (non-hydrogen) atoms. The summed E-state index contributed by atoms with van der Waals surface area (Å²) < 4.78 is 0. The summed E-state index contributed by atoms with van der Waals surface area (Å²) in [6.45, 7) is 2.24. The quantitative estimate of drug-likeness (QED) is 0.384. The second-order valence-electron chi connectivity index (χ2n) is 4.65. The van der Waals surface area contributed by atoms with Crippen LogP contribution >= 0.6 is 11.8 Å². The fourth-order valence-electron chi connectivity index (χ4n) is 1.58. The number of rotatable bonds is 4. The number of benzene rings is 1. The van der Waals surface area contributed by atoms with Crippen LogP contribution in [0.4, 0.5) is 11.4 Å². The van der Waals surface area contributed by atoms with Gasteiger partial charge in [-0.2, -0.15) is 5.26 Å². The third-order valence-electron chi connectivity index (χ3n) is 2.53. The average Bonchev–Trinajstić information content (AvgIpc) is 2.40. The Kier molecular flexibility index (Phi) is 6.72. The molecule has 112 valence electrons. The molecule has 0 aliphatic rings. The van der Waals surface area contributed by atoms with Gasteiger partial charge in [-0.05, 0) is 45.0 Å². The van der Waals surface area contributed by atoms with E-state index in [-0.39, 0.29) is 5.91 Å². The van der Waals surface area contributed by atoms with Crippen LogP contribution in [0.2, 0.25) is 0 Å². The molecule has 0 aliphatic heterocycles. The second kappa shape index (κ2) is 8.29. The Morgan fingerprint density at radius 3 is 2.76 bits per heavy atom. The predicted molar refractivity (Wildman–Crippen MR) is 87.7 cm³/mol. The molecule has 0 fully saturated rings. The van der Waals surface area contributed by atoms with Crippen molar-refractivity contribution < 1.29 is 4.79 Å². The van der Waals surface area contributed by atoms with Crippen molar-refractivity contribution in [1.82, 2.24) is 10.2 Å². The highest BCUT2D eigenvalue weighted by Crippen LogP contribution is 2.24. The maximum absolute atomic E-state index is 11.8. The van der Waals surface area contributed by atoms with Crippen LogP contribution < -0.4 is 10.6 Å². The third-order valence-corrected chi connectivity index (χ3v) is 3.11. The van der Waals surface area contributed by atoms with E-state index in [1.807, 2.05) is 45.6 Å². The number of nitrogens with one attached hydrogen (secondary N) is 2. The first-order valence-corrected chi connectivity index (χ1v) is 7.51. The number of amidine groups is 1. The van der Waals surface area contributed by atoms with Crippen LogP contribution in [0.1, 0.15) is 5.56 Å². The first-order chi connectivity index (χ1) is 9.96. The third kappa shape index (κ3) is 5.85. The molecular formula is C14H19N5OS. The predicted octanol–water partition coefficient (Wildman–Crippen LogP) is 1.92. The fourth-order valence-corrected chi connectivity index (χ4v) is 1.91. The summed E-state index contributed by atoms with van der Waals surface area (Å²) >= 11 is 1.35. The molecule has 0 aliphatic carbocycles. The van der Waals surface area contributed by atoms with Crippen molar-refractivity contribution in [3.05, 3.63) is 23.8 Å². The molecule has 1 amide bonds. The maximum atomic E-state index is 11.8. The van der Waals surface area contributed by atoms with Crippen molar-refractivity contribution in [2.75, 3.05) is 32.2 Å². The Bertz CT molecular complexity index is 577. The van der Waals surface area contributed by atoms with E-state index in [0.29, 0.717) is 23.1 Å². The summed E-state index contributed by atoms with van der Waals surface area (Å²) in [6.07, 6.45) is 3.68. The van der Waals surface area contributed by atoms with Crippen molar-refractivity contribution in [3.63, 3.8) is 0 Å². The molecule has 6 nitrogen and oxygen atoms in total. The number of thioether (sulfide) groups is 1. The lowest BCUT2D eigenvalue weighted by atomic mass is 10.2. The van der Waals surface area contributed by atoms with Crippen molar-refractivity contribution in [2.24, 2.45) is 4.99 Å². The highest BCUT2D eigenvalue weighted by Gasteiger charge is 2.06. The minimum absolute atomic E-state index is 0.0842. The molecule has 0 bridgehead atoms. The number of likely N-dealkylation sites (N-methyl/N-ethyl adjacent to an activating group) is 1. The lowest BCUT2D eigenvalue weighted by Crippen LogP contribution is -2.27. The maximum Gasteiger partial charge on any atom is 0.238 e. The molecule has 1 aromatic carbocycles. The van der Waals surface area contributed by atoms with Gasteiger partial charge in [-0.1, -0.05) is 17.8 Å². The topological polar surface area (TPSA) is 80.5 Å². The molecule has 7 heteroatoms. The molecule has 0 aromatic heterocycles. The molecule has 2 N–H and O–H groups in total. The van der Waals surface area contributed by atoms with Gasteiger partial charge in [-0.3, -0.25) is 10.1 Å². The molecule has 0 saturated carbocycles. The number of anilines is 1. The summed E-state index contributed by atoms with van der Waals surface area (Å²) in [5.74, 6) is -0.0842. The zero-order valence-electron chi connectivity index (χ0n) is 12.6. The number of nitriles is 1. The van der Waals surface area contributed by atoms with Crippen LogP contribution in [-0.4, -0.2) is 42.9 Å². The monoisotopic (exact) mass is 305 g/mol. The van der Waals surface area contributed by atoms with E-state index in [1.54, 1.807) is 11.0 Å². The van der Waals surface area contributed by atoms with Crippen LogP contribution in [0.25, 0.3) is 0 Å². The van der Waals surface area contributed by atoms with E-state index in [9.17, 15) is 4.79 Å². The minimum Gasteiger partial charge on any atom is -0.325 e. The van der Waals surface area contributed by atoms with Gasteiger partial charge >= 0.3 is 0 Å². The van der Waals surface area contributed by atoms with Gasteiger partial charge in [-0.15, -0.1) is 0 Å². The Morgan fingerprint density at radius 1 is 1.48 bits per heavy atom. The van der Waals surface area contributed by atoms with Gasteiger partial charge in [0.05, 0.1) is 12.2 Å². The first kappa shape index (κ1) is 17.0. The number of hydrogen-bond acceptors (Lipinski definition) is 5. The summed E-state index contributed by atoms with van der Waals surface area (Å²) in [4.78, 5) is 17.9. The number of carbonyl (C=O) groups excluding carboxylic acids is 1. The number of hydrogen-bond donors (Lipinski definition) is 2. The number of amides is 1. The molecule has 0 unspecified atom stereocenters. The molecule has 0 spiro atoms. The number of nitrogens with zero attached hydrogens (tertiary/aromatic N) is 3. The molecule has 1 rings (SSSR count). The Morgan fingerprint density at radius 2 is 2.19 bits per heavy atom. The van der Waals surface area contributed by atoms with Gasteiger partial charge < -0.3 is 10.2 Å². The lowest BCUT2D eigenvalue weighted by molar-refractivity contribution is -0.116. The van der Waals surface area contributed by atoms with Gasteiger partial charge in [0.15, 0.2) is 11.4 Å². The van der Waals surface area contributed by atoms with Crippen LogP contribution in [0.3, 0.4) is 0 Å². The fraction of sp³-hybridized carbons (Fsp3) is 0.357. The van der Waals surface area contributed by atoms with Gasteiger partial charge in [0.2, 0.25) is 5.91 Å². The summed E-state index contributed by atoms with van der Waals surface area (Å²) in [5, 5.41) is 14.5. The molecule has 0 saturated heterocycles. The SMILES string of the molecule is CSC(=Nc1cc(NC(=O)CN(C)C)ccc1C)NC#N. The number of aliphatic imine (C=N–C) groups is 1. The highest BCUT2D eigenvalue weighted by molar-refractivity contribution is 8.13. The highest BCUT2D eigenvalue weighted by atomic mass is 32.2. The Labute approximate surface area is 129 Å². The normalized spacial score (nSPS) is 11.1. The van der Waals surface area contributed by atoms with Crippen molar-refractivity contribution in [3.8, 4) is 6.19 Å². The van der Waals surface area contributed by atoms with E-state index in [2.05, 4.69) is 15.6 Å². The largest absolute Gasteiger partial charge is 0.325 e. The summed E-state index contributed by atoms with van der Waals surface area (Å²) in [7, 11) is 3.67. The van der Waals surface area contributed by atoms with E-state index in [0.717, 1.165) is 5.56 Å². The molecule has 1 aromatic rings. The first-order valence-electron chi connectivity index (χ1n) is 6.29. The van der Waals surface area contributed by atoms with Crippen LogP contribution in [0.5, 0.6) is 0 Å². The molecular weight excluding hydrogens is 286 g/mol. The zero-order chi connectivity index (χ0) is 15.8. The van der Waals surface area contributed by atoms with Crippen molar-refractivity contribution >= 4 is 34.2 Å². The second-order valence-corrected chi connectivity index (χ2v) is 5.44. The molecule has 0 heterocycles. The Hall–Kier alpha value is -2.04. The summed E-state index contributed by atoms with van der Waals surface area (Å²) in [5.41, 5.74) is 2.36. The van der Waals surface area contributed by atoms with Crippen molar-refractivity contribution in [1.29, 1.82) is 5.26 Å². The van der Waals surface area contributed by atoms with E-state index < -0.39 is 0 Å². The smallest absolute Gasteiger partial charge is 0.238 e. The zero-order valence-corrected chi connectivity index (χ0v) is 13.4. The van der Waals surface area contributed by atoms with Gasteiger partial charge in [0.1, 0.15) is 0 Å². The van der Waals surface area contributed by atoms with Crippen LogP contribution in [-0.2, 0) is 4.79 Å².